The van der Waals surface area contributed by atoms with E-state index in [2.05, 4.69) is 6.92 Å². The van der Waals surface area contributed by atoms with Crippen molar-refractivity contribution in [3.8, 4) is 22.3 Å². The quantitative estimate of drug-likeness (QED) is 0.337. The van der Waals surface area contributed by atoms with Crippen LogP contribution in [0.5, 0.6) is 0 Å². The zero-order valence-electron chi connectivity index (χ0n) is 17.8. The van der Waals surface area contributed by atoms with Gasteiger partial charge in [0, 0.05) is 5.56 Å². The highest BCUT2D eigenvalue weighted by molar-refractivity contribution is 5.94. The summed E-state index contributed by atoms with van der Waals surface area (Å²) >= 11 is 0. The molecule has 0 atom stereocenters. The van der Waals surface area contributed by atoms with E-state index in [9.17, 15) is 14.3 Å². The SMILES string of the molecule is CCCCCCCCc1ccc(-c2c(-c3ccc(F)cc3)ccc(C(=O)O)c2F)cc1. The Kier molecular flexibility index (Phi) is 7.94. The van der Waals surface area contributed by atoms with Crippen LogP contribution in [-0.2, 0) is 6.42 Å². The lowest BCUT2D eigenvalue weighted by Gasteiger charge is -2.14. The molecule has 0 heterocycles. The number of halogens is 2. The van der Waals surface area contributed by atoms with Crippen molar-refractivity contribution in [1.29, 1.82) is 0 Å². The molecule has 0 spiro atoms. The van der Waals surface area contributed by atoms with Gasteiger partial charge in [0.25, 0.3) is 0 Å². The molecular weight excluding hydrogens is 394 g/mol. The zero-order valence-corrected chi connectivity index (χ0v) is 17.8. The number of benzene rings is 3. The lowest BCUT2D eigenvalue weighted by molar-refractivity contribution is 0.0692. The second kappa shape index (κ2) is 10.9. The van der Waals surface area contributed by atoms with Gasteiger partial charge < -0.3 is 5.11 Å². The molecule has 0 aromatic heterocycles. The summed E-state index contributed by atoms with van der Waals surface area (Å²) in [6.45, 7) is 2.21. The van der Waals surface area contributed by atoms with Gasteiger partial charge in [0.2, 0.25) is 0 Å². The van der Waals surface area contributed by atoms with Crippen molar-refractivity contribution in [2.75, 3.05) is 0 Å². The van der Waals surface area contributed by atoms with Crippen molar-refractivity contribution in [2.45, 2.75) is 51.9 Å². The number of hydrogen-bond donors (Lipinski definition) is 1. The van der Waals surface area contributed by atoms with Crippen LogP contribution in [0.15, 0.2) is 60.7 Å². The van der Waals surface area contributed by atoms with Crippen LogP contribution in [-0.4, -0.2) is 11.1 Å². The van der Waals surface area contributed by atoms with Crippen molar-refractivity contribution in [1.82, 2.24) is 0 Å². The van der Waals surface area contributed by atoms with Crippen LogP contribution in [0.3, 0.4) is 0 Å². The molecule has 1 N–H and O–H groups in total. The summed E-state index contributed by atoms with van der Waals surface area (Å²) in [5, 5.41) is 9.36. The Morgan fingerprint density at radius 1 is 0.774 bits per heavy atom. The van der Waals surface area contributed by atoms with Crippen LogP contribution < -0.4 is 0 Å². The Morgan fingerprint density at radius 2 is 1.39 bits per heavy atom. The monoisotopic (exact) mass is 422 g/mol. The maximum absolute atomic E-state index is 15.2. The van der Waals surface area contributed by atoms with Gasteiger partial charge in [0.05, 0.1) is 5.56 Å². The molecule has 0 saturated heterocycles. The number of unbranched alkanes of at least 4 members (excludes halogenated alkanes) is 5. The van der Waals surface area contributed by atoms with Gasteiger partial charge >= 0.3 is 5.97 Å². The Balaban J connectivity index is 1.87. The van der Waals surface area contributed by atoms with E-state index in [1.165, 1.54) is 55.9 Å². The van der Waals surface area contributed by atoms with Gasteiger partial charge in [-0.2, -0.15) is 0 Å². The van der Waals surface area contributed by atoms with Crippen molar-refractivity contribution >= 4 is 5.97 Å². The van der Waals surface area contributed by atoms with Crippen molar-refractivity contribution in [3.63, 3.8) is 0 Å². The molecule has 3 rings (SSSR count). The van der Waals surface area contributed by atoms with Gasteiger partial charge in [0.1, 0.15) is 11.6 Å². The number of hydrogen-bond acceptors (Lipinski definition) is 1. The minimum atomic E-state index is -1.32. The van der Waals surface area contributed by atoms with Crippen LogP contribution in [0.2, 0.25) is 0 Å². The number of rotatable bonds is 10. The number of aromatic carboxylic acids is 1. The summed E-state index contributed by atoms with van der Waals surface area (Å²) in [6, 6.07) is 16.2. The van der Waals surface area contributed by atoms with E-state index in [-0.39, 0.29) is 16.9 Å². The summed E-state index contributed by atoms with van der Waals surface area (Å²) < 4.78 is 28.6. The maximum Gasteiger partial charge on any atom is 0.338 e. The topological polar surface area (TPSA) is 37.3 Å². The van der Waals surface area contributed by atoms with E-state index >= 15 is 4.39 Å². The second-order valence-corrected chi connectivity index (χ2v) is 7.88. The molecule has 3 aromatic carbocycles. The Bertz CT molecular complexity index is 1010. The van der Waals surface area contributed by atoms with E-state index < -0.39 is 11.8 Å². The maximum atomic E-state index is 15.2. The standard InChI is InChI=1S/C27H28F2O2/c1-2-3-4-5-6-7-8-19-9-11-21(12-10-19)25-23(20-13-15-22(28)16-14-20)17-18-24(26(25)29)27(30)31/h9-18H,2-8H2,1H3,(H,30,31). The second-order valence-electron chi connectivity index (χ2n) is 7.88. The van der Waals surface area contributed by atoms with Crippen LogP contribution in [0.1, 0.15) is 61.4 Å². The first kappa shape index (κ1) is 22.7. The highest BCUT2D eigenvalue weighted by atomic mass is 19.1. The third-order valence-electron chi connectivity index (χ3n) is 5.59. The molecule has 4 heteroatoms. The molecule has 162 valence electrons. The van der Waals surface area contributed by atoms with E-state index in [1.807, 2.05) is 24.3 Å². The molecule has 0 saturated carbocycles. The minimum absolute atomic E-state index is 0.220. The predicted molar refractivity (Wildman–Crippen MR) is 121 cm³/mol. The van der Waals surface area contributed by atoms with Crippen LogP contribution in [0.25, 0.3) is 22.3 Å². The first-order valence-electron chi connectivity index (χ1n) is 10.9. The van der Waals surface area contributed by atoms with Crippen molar-refractivity contribution in [2.24, 2.45) is 0 Å². The molecule has 0 aliphatic carbocycles. The average molecular weight is 423 g/mol. The summed E-state index contributed by atoms with van der Waals surface area (Å²) in [5.74, 6) is -2.48. The molecule has 0 aliphatic rings. The smallest absolute Gasteiger partial charge is 0.338 e. The van der Waals surface area contributed by atoms with Gasteiger partial charge in [-0.25, -0.2) is 13.6 Å². The van der Waals surface area contributed by atoms with E-state index in [1.54, 1.807) is 18.2 Å². The molecule has 0 aliphatic heterocycles. The molecular formula is C27H28F2O2. The van der Waals surface area contributed by atoms with E-state index in [4.69, 9.17) is 0 Å². The summed E-state index contributed by atoms with van der Waals surface area (Å²) in [5.41, 5.74) is 2.79. The minimum Gasteiger partial charge on any atom is -0.478 e. The summed E-state index contributed by atoms with van der Waals surface area (Å²) in [7, 11) is 0. The summed E-state index contributed by atoms with van der Waals surface area (Å²) in [4.78, 5) is 11.5. The molecule has 0 fully saturated rings. The number of aryl methyl sites for hydroxylation is 1. The van der Waals surface area contributed by atoms with Gasteiger partial charge in [0.15, 0.2) is 0 Å². The Labute approximate surface area is 182 Å². The first-order valence-corrected chi connectivity index (χ1v) is 10.9. The largest absolute Gasteiger partial charge is 0.478 e. The van der Waals surface area contributed by atoms with Crippen molar-refractivity contribution in [3.05, 3.63) is 83.4 Å². The fourth-order valence-corrected chi connectivity index (χ4v) is 3.84. The molecule has 2 nitrogen and oxygen atoms in total. The molecule has 0 unspecified atom stereocenters. The van der Waals surface area contributed by atoms with Gasteiger partial charge in [-0.1, -0.05) is 81.5 Å². The Hall–Kier alpha value is -3.01. The van der Waals surface area contributed by atoms with Gasteiger partial charge in [-0.3, -0.25) is 0 Å². The molecule has 0 amide bonds. The zero-order chi connectivity index (χ0) is 22.2. The van der Waals surface area contributed by atoms with E-state index in [0.717, 1.165) is 12.8 Å². The third-order valence-corrected chi connectivity index (χ3v) is 5.59. The lowest BCUT2D eigenvalue weighted by atomic mass is 9.91. The number of carboxylic acids is 1. The van der Waals surface area contributed by atoms with E-state index in [0.29, 0.717) is 16.7 Å². The average Bonchev–Trinajstić information content (AvgIpc) is 2.77. The summed E-state index contributed by atoms with van der Waals surface area (Å²) in [6.07, 6.45) is 8.33. The molecule has 0 bridgehead atoms. The molecule has 31 heavy (non-hydrogen) atoms. The fraction of sp³-hybridized carbons (Fsp3) is 0.296. The van der Waals surface area contributed by atoms with Crippen LogP contribution in [0, 0.1) is 11.6 Å². The number of carbonyl (C=O) groups is 1. The molecule has 3 aromatic rings. The fourth-order valence-electron chi connectivity index (χ4n) is 3.84. The van der Waals surface area contributed by atoms with Crippen LogP contribution in [0.4, 0.5) is 8.78 Å². The highest BCUT2D eigenvalue weighted by Gasteiger charge is 2.20. The van der Waals surface area contributed by atoms with Crippen molar-refractivity contribution < 1.29 is 18.7 Å². The number of carboxylic acid groups (broad SMARTS) is 1. The van der Waals surface area contributed by atoms with Gasteiger partial charge in [-0.05, 0) is 53.3 Å². The molecule has 0 radical (unpaired) electrons. The normalized spacial score (nSPS) is 10.9. The first-order chi connectivity index (χ1) is 15.0. The third kappa shape index (κ3) is 5.78. The predicted octanol–water partition coefficient (Wildman–Crippen LogP) is 7.90. The van der Waals surface area contributed by atoms with Gasteiger partial charge in [-0.15, -0.1) is 0 Å². The lowest BCUT2D eigenvalue weighted by Crippen LogP contribution is -2.03. The highest BCUT2D eigenvalue weighted by Crippen LogP contribution is 2.36. The Morgan fingerprint density at radius 3 is 2.03 bits per heavy atom. The van der Waals surface area contributed by atoms with Crippen LogP contribution >= 0.6 is 0 Å².